The first-order chi connectivity index (χ1) is 9.60. The second-order valence-corrected chi connectivity index (χ2v) is 5.93. The summed E-state index contributed by atoms with van der Waals surface area (Å²) in [5.41, 5.74) is 2.19. The van der Waals surface area contributed by atoms with Crippen molar-refractivity contribution in [1.82, 2.24) is 4.90 Å². The molecule has 0 spiro atoms. The van der Waals surface area contributed by atoms with Gasteiger partial charge in [-0.05, 0) is 62.9 Å². The van der Waals surface area contributed by atoms with Crippen LogP contribution in [0.2, 0.25) is 0 Å². The molecule has 3 heteroatoms. The average molecular weight is 274 g/mol. The molecule has 0 unspecified atom stereocenters. The Hall–Kier alpha value is -1.35. The molecular formula is C17H26N2O. The van der Waals surface area contributed by atoms with Crippen molar-refractivity contribution in [3.8, 4) is 0 Å². The molecule has 1 heterocycles. The first-order valence-corrected chi connectivity index (χ1v) is 7.74. The van der Waals surface area contributed by atoms with Crippen molar-refractivity contribution in [2.24, 2.45) is 5.92 Å². The second kappa shape index (κ2) is 6.89. The van der Waals surface area contributed by atoms with E-state index in [0.717, 1.165) is 31.1 Å². The SMILES string of the molecule is CCc1ccc(NC(=O)[C@@H](C)N2CCC(C)CC2)cc1. The minimum absolute atomic E-state index is 0.0478. The molecular weight excluding hydrogens is 248 g/mol. The van der Waals surface area contributed by atoms with Crippen molar-refractivity contribution in [3.05, 3.63) is 29.8 Å². The summed E-state index contributed by atoms with van der Waals surface area (Å²) in [5, 5.41) is 3.02. The molecule has 1 N–H and O–H groups in total. The molecule has 0 radical (unpaired) electrons. The number of nitrogens with one attached hydrogen (secondary N) is 1. The predicted molar refractivity (Wildman–Crippen MR) is 83.9 cm³/mol. The maximum atomic E-state index is 12.3. The summed E-state index contributed by atoms with van der Waals surface area (Å²) in [5.74, 6) is 0.895. The number of hydrogen-bond acceptors (Lipinski definition) is 2. The Labute approximate surface area is 122 Å². The lowest BCUT2D eigenvalue weighted by Crippen LogP contribution is -2.45. The van der Waals surface area contributed by atoms with Crippen LogP contribution in [0.15, 0.2) is 24.3 Å². The number of nitrogens with zero attached hydrogens (tertiary/aromatic N) is 1. The van der Waals surface area contributed by atoms with Gasteiger partial charge in [0.1, 0.15) is 0 Å². The van der Waals surface area contributed by atoms with Crippen LogP contribution in [0.25, 0.3) is 0 Å². The number of carbonyl (C=O) groups is 1. The van der Waals surface area contributed by atoms with Crippen LogP contribution >= 0.6 is 0 Å². The zero-order valence-corrected chi connectivity index (χ0v) is 12.9. The van der Waals surface area contributed by atoms with E-state index in [-0.39, 0.29) is 11.9 Å². The lowest BCUT2D eigenvalue weighted by Gasteiger charge is -2.34. The van der Waals surface area contributed by atoms with Crippen molar-refractivity contribution in [2.45, 2.75) is 46.1 Å². The van der Waals surface area contributed by atoms with Gasteiger partial charge < -0.3 is 5.32 Å². The molecule has 110 valence electrons. The molecule has 1 amide bonds. The van der Waals surface area contributed by atoms with Crippen molar-refractivity contribution in [1.29, 1.82) is 0 Å². The third kappa shape index (κ3) is 3.83. The second-order valence-electron chi connectivity index (χ2n) is 5.93. The predicted octanol–water partition coefficient (Wildman–Crippen LogP) is 3.31. The van der Waals surface area contributed by atoms with Crippen molar-refractivity contribution in [3.63, 3.8) is 0 Å². The molecule has 1 aromatic carbocycles. The standard InChI is InChI=1S/C17H26N2O/c1-4-15-5-7-16(8-6-15)18-17(20)14(3)19-11-9-13(2)10-12-19/h5-8,13-14H,4,9-12H2,1-3H3,(H,18,20)/t14-/m1/s1. The number of amides is 1. The van der Waals surface area contributed by atoms with Crippen LogP contribution in [-0.4, -0.2) is 29.9 Å². The zero-order chi connectivity index (χ0) is 14.5. The van der Waals surface area contributed by atoms with E-state index in [1.54, 1.807) is 0 Å². The number of anilines is 1. The van der Waals surface area contributed by atoms with Gasteiger partial charge in [0.2, 0.25) is 5.91 Å². The molecule has 0 aliphatic carbocycles. The third-order valence-electron chi connectivity index (χ3n) is 4.38. The van der Waals surface area contributed by atoms with Crippen molar-refractivity contribution < 1.29 is 4.79 Å². The number of piperidine rings is 1. The van der Waals surface area contributed by atoms with Gasteiger partial charge in [-0.1, -0.05) is 26.0 Å². The van der Waals surface area contributed by atoms with Gasteiger partial charge in [-0.3, -0.25) is 9.69 Å². The Kier molecular flexibility index (Phi) is 5.18. The van der Waals surface area contributed by atoms with Crippen LogP contribution in [0.4, 0.5) is 5.69 Å². The molecule has 2 rings (SSSR count). The summed E-state index contributed by atoms with van der Waals surface area (Å²) in [7, 11) is 0. The van der Waals surface area contributed by atoms with E-state index >= 15 is 0 Å². The van der Waals surface area contributed by atoms with E-state index in [0.29, 0.717) is 0 Å². The number of likely N-dealkylation sites (tertiary alicyclic amines) is 1. The quantitative estimate of drug-likeness (QED) is 0.913. The number of aryl methyl sites for hydroxylation is 1. The summed E-state index contributed by atoms with van der Waals surface area (Å²) < 4.78 is 0. The normalized spacial score (nSPS) is 18.8. The fourth-order valence-corrected chi connectivity index (χ4v) is 2.65. The van der Waals surface area contributed by atoms with E-state index in [2.05, 4.69) is 36.2 Å². The van der Waals surface area contributed by atoms with Crippen LogP contribution in [-0.2, 0) is 11.2 Å². The first-order valence-electron chi connectivity index (χ1n) is 7.74. The fourth-order valence-electron chi connectivity index (χ4n) is 2.65. The topological polar surface area (TPSA) is 32.3 Å². The van der Waals surface area contributed by atoms with Crippen LogP contribution < -0.4 is 5.32 Å². The summed E-state index contributed by atoms with van der Waals surface area (Å²) >= 11 is 0. The highest BCUT2D eigenvalue weighted by molar-refractivity contribution is 5.94. The van der Waals surface area contributed by atoms with Crippen LogP contribution in [0, 0.1) is 5.92 Å². The number of hydrogen-bond donors (Lipinski definition) is 1. The Bertz CT molecular complexity index is 433. The van der Waals surface area contributed by atoms with Crippen LogP contribution in [0.1, 0.15) is 39.2 Å². The van der Waals surface area contributed by atoms with Gasteiger partial charge in [-0.2, -0.15) is 0 Å². The van der Waals surface area contributed by atoms with E-state index in [9.17, 15) is 4.79 Å². The van der Waals surface area contributed by atoms with E-state index in [4.69, 9.17) is 0 Å². The van der Waals surface area contributed by atoms with Crippen LogP contribution in [0.3, 0.4) is 0 Å². The van der Waals surface area contributed by atoms with Crippen molar-refractivity contribution >= 4 is 11.6 Å². The lowest BCUT2D eigenvalue weighted by molar-refractivity contribution is -0.121. The highest BCUT2D eigenvalue weighted by atomic mass is 16.2. The fraction of sp³-hybridized carbons (Fsp3) is 0.588. The molecule has 1 aliphatic rings. The summed E-state index contributed by atoms with van der Waals surface area (Å²) in [6.45, 7) is 8.49. The highest BCUT2D eigenvalue weighted by Gasteiger charge is 2.24. The van der Waals surface area contributed by atoms with Gasteiger partial charge in [0.15, 0.2) is 0 Å². The maximum Gasteiger partial charge on any atom is 0.241 e. The molecule has 0 bridgehead atoms. The third-order valence-corrected chi connectivity index (χ3v) is 4.38. The average Bonchev–Trinajstić information content (AvgIpc) is 2.48. The van der Waals surface area contributed by atoms with Gasteiger partial charge in [-0.25, -0.2) is 0 Å². The molecule has 3 nitrogen and oxygen atoms in total. The van der Waals surface area contributed by atoms with E-state index in [1.807, 2.05) is 19.1 Å². The van der Waals surface area contributed by atoms with Gasteiger partial charge in [0.25, 0.3) is 0 Å². The smallest absolute Gasteiger partial charge is 0.241 e. The van der Waals surface area contributed by atoms with Crippen LogP contribution in [0.5, 0.6) is 0 Å². The van der Waals surface area contributed by atoms with E-state index in [1.165, 1.54) is 18.4 Å². The number of carbonyl (C=O) groups excluding carboxylic acids is 1. The molecule has 0 saturated carbocycles. The van der Waals surface area contributed by atoms with Gasteiger partial charge in [0.05, 0.1) is 6.04 Å². The minimum atomic E-state index is -0.0478. The summed E-state index contributed by atoms with van der Waals surface area (Å²) in [6.07, 6.45) is 3.42. The largest absolute Gasteiger partial charge is 0.325 e. The number of benzene rings is 1. The monoisotopic (exact) mass is 274 g/mol. The molecule has 1 aromatic rings. The summed E-state index contributed by atoms with van der Waals surface area (Å²) in [4.78, 5) is 14.6. The molecule has 1 aliphatic heterocycles. The highest BCUT2D eigenvalue weighted by Crippen LogP contribution is 2.19. The molecule has 1 fully saturated rings. The lowest BCUT2D eigenvalue weighted by atomic mass is 9.98. The molecule has 1 atom stereocenters. The Morgan fingerprint density at radius 3 is 2.45 bits per heavy atom. The molecule has 1 saturated heterocycles. The van der Waals surface area contributed by atoms with Gasteiger partial charge in [0, 0.05) is 5.69 Å². The molecule has 20 heavy (non-hydrogen) atoms. The maximum absolute atomic E-state index is 12.3. The summed E-state index contributed by atoms with van der Waals surface area (Å²) in [6, 6.07) is 8.07. The van der Waals surface area contributed by atoms with E-state index < -0.39 is 0 Å². The zero-order valence-electron chi connectivity index (χ0n) is 12.9. The Morgan fingerprint density at radius 2 is 1.90 bits per heavy atom. The number of rotatable bonds is 4. The van der Waals surface area contributed by atoms with Gasteiger partial charge in [-0.15, -0.1) is 0 Å². The molecule has 0 aromatic heterocycles. The minimum Gasteiger partial charge on any atom is -0.325 e. The van der Waals surface area contributed by atoms with Gasteiger partial charge >= 0.3 is 0 Å². The first kappa shape index (κ1) is 15.0. The van der Waals surface area contributed by atoms with Crippen molar-refractivity contribution in [2.75, 3.05) is 18.4 Å². The Morgan fingerprint density at radius 1 is 1.30 bits per heavy atom. The Balaban J connectivity index is 1.89.